The van der Waals surface area contributed by atoms with Gasteiger partial charge < -0.3 is 5.54 Å². The van der Waals surface area contributed by atoms with Crippen LogP contribution in [0.2, 0.25) is 19.6 Å². The SMILES string of the molecule is C[C-](C)[Si](C)(C)C.[Li+]. The Hall–Kier alpha value is 0.814. The van der Waals surface area contributed by atoms with E-state index in [9.17, 15) is 0 Å². The van der Waals surface area contributed by atoms with Crippen LogP contribution in [-0.4, -0.2) is 8.07 Å². The molecule has 2 heteroatoms. The van der Waals surface area contributed by atoms with E-state index >= 15 is 0 Å². The summed E-state index contributed by atoms with van der Waals surface area (Å²) in [5, 5.41) is 0. The summed E-state index contributed by atoms with van der Waals surface area (Å²) in [5.74, 6) is 0. The predicted octanol–water partition coefficient (Wildman–Crippen LogP) is -0.518. The van der Waals surface area contributed by atoms with Crippen molar-refractivity contribution in [3.63, 3.8) is 0 Å². The van der Waals surface area contributed by atoms with Gasteiger partial charge in [-0.1, -0.05) is 27.7 Å². The fourth-order valence-electron chi connectivity index (χ4n) is 0. The van der Waals surface area contributed by atoms with Crippen LogP contribution in [0.15, 0.2) is 0 Å². The normalized spacial score (nSPS) is 11.2. The number of hydrogen-bond donors (Lipinski definition) is 0. The van der Waals surface area contributed by atoms with Gasteiger partial charge in [0.1, 0.15) is 0 Å². The standard InChI is InChI=1S/C6H15Si.Li/c1-6(2)7(3,4)5;/h1-5H3;/q-1;+1. The van der Waals surface area contributed by atoms with Gasteiger partial charge in [0.15, 0.2) is 0 Å². The maximum absolute atomic E-state index is 2.36. The molecule has 0 rings (SSSR count). The molecule has 8 heavy (non-hydrogen) atoms. The topological polar surface area (TPSA) is 0 Å². The summed E-state index contributed by atoms with van der Waals surface area (Å²) < 4.78 is 0. The first kappa shape index (κ1) is 11.6. The minimum atomic E-state index is -0.818. The molecule has 0 aliphatic rings. The van der Waals surface area contributed by atoms with E-state index in [1.165, 1.54) is 0 Å². The second-order valence-corrected chi connectivity index (χ2v) is 8.75. The zero-order valence-corrected chi connectivity index (χ0v) is 8.00. The molecule has 0 heterocycles. The Balaban J connectivity index is 0. The molecule has 0 N–H and O–H groups in total. The summed E-state index contributed by atoms with van der Waals surface area (Å²) in [6.07, 6.45) is 0. The molecule has 0 atom stereocenters. The Bertz CT molecular complexity index is 54.0. The summed E-state index contributed by atoms with van der Waals surface area (Å²) in [7, 11) is -0.818. The van der Waals surface area contributed by atoms with Gasteiger partial charge in [-0.2, -0.15) is 13.8 Å². The van der Waals surface area contributed by atoms with Crippen LogP contribution < -0.4 is 18.9 Å². The fourth-order valence-corrected chi connectivity index (χ4v) is 0. The molecule has 0 aromatic heterocycles. The number of hydrogen-bond acceptors (Lipinski definition) is 0. The van der Waals surface area contributed by atoms with E-state index < -0.39 is 8.07 Å². The Kier molecular flexibility index (Phi) is 5.46. The van der Waals surface area contributed by atoms with Gasteiger partial charge in [-0.05, 0) is 0 Å². The Morgan fingerprint density at radius 2 is 1.12 bits per heavy atom. The van der Waals surface area contributed by atoms with Crippen LogP contribution >= 0.6 is 0 Å². The molecule has 0 bridgehead atoms. The summed E-state index contributed by atoms with van der Waals surface area (Å²) in [5.41, 5.74) is 1.63. The van der Waals surface area contributed by atoms with Crippen molar-refractivity contribution in [2.75, 3.05) is 0 Å². The monoisotopic (exact) mass is 122 g/mol. The van der Waals surface area contributed by atoms with Gasteiger partial charge in [0.05, 0.1) is 0 Å². The second-order valence-electron chi connectivity index (χ2n) is 3.25. The van der Waals surface area contributed by atoms with Crippen molar-refractivity contribution in [1.82, 2.24) is 0 Å². The Labute approximate surface area is 66.2 Å². The first-order chi connectivity index (χ1) is 2.94. The van der Waals surface area contributed by atoms with Crippen molar-refractivity contribution in [2.24, 2.45) is 0 Å². The summed E-state index contributed by atoms with van der Waals surface area (Å²) >= 11 is 0. The van der Waals surface area contributed by atoms with Gasteiger partial charge in [0, 0.05) is 0 Å². The van der Waals surface area contributed by atoms with E-state index in [1.807, 2.05) is 0 Å². The quantitative estimate of drug-likeness (QED) is 0.324. The van der Waals surface area contributed by atoms with E-state index in [2.05, 4.69) is 33.5 Å². The third kappa shape index (κ3) is 4.96. The summed E-state index contributed by atoms with van der Waals surface area (Å²) in [6.45, 7) is 11.5. The van der Waals surface area contributed by atoms with Crippen LogP contribution in [0.5, 0.6) is 0 Å². The predicted molar refractivity (Wildman–Crippen MR) is 37.9 cm³/mol. The smallest absolute Gasteiger partial charge is 0.319 e. The van der Waals surface area contributed by atoms with E-state index in [-0.39, 0.29) is 18.9 Å². The van der Waals surface area contributed by atoms with E-state index in [0.717, 1.165) is 0 Å². The molecule has 0 amide bonds. The van der Waals surface area contributed by atoms with Gasteiger partial charge in [-0.3, -0.25) is 0 Å². The van der Waals surface area contributed by atoms with Crippen molar-refractivity contribution >= 4 is 8.07 Å². The molecule has 0 aromatic rings. The zero-order valence-electron chi connectivity index (χ0n) is 7.00. The molecule has 44 valence electrons. The average molecular weight is 122 g/mol. The molecular weight excluding hydrogens is 107 g/mol. The molecule has 0 aromatic carbocycles. The van der Waals surface area contributed by atoms with Crippen LogP contribution in [0.25, 0.3) is 0 Å². The summed E-state index contributed by atoms with van der Waals surface area (Å²) in [6, 6.07) is 0. The minimum Gasteiger partial charge on any atom is -0.319 e. The molecule has 0 saturated carbocycles. The van der Waals surface area contributed by atoms with E-state index in [1.54, 1.807) is 5.54 Å². The van der Waals surface area contributed by atoms with Crippen LogP contribution in [0, 0.1) is 5.54 Å². The molecule has 0 saturated heterocycles. The Morgan fingerprint density at radius 3 is 1.12 bits per heavy atom. The van der Waals surface area contributed by atoms with Crippen LogP contribution in [0.1, 0.15) is 13.8 Å². The van der Waals surface area contributed by atoms with E-state index in [0.29, 0.717) is 0 Å². The first-order valence-corrected chi connectivity index (χ1v) is 6.25. The molecule has 0 unspecified atom stereocenters. The van der Waals surface area contributed by atoms with Crippen molar-refractivity contribution < 1.29 is 18.9 Å². The van der Waals surface area contributed by atoms with Gasteiger partial charge in [0.2, 0.25) is 0 Å². The van der Waals surface area contributed by atoms with Crippen LogP contribution in [-0.2, 0) is 0 Å². The van der Waals surface area contributed by atoms with Crippen molar-refractivity contribution in [1.29, 1.82) is 0 Å². The van der Waals surface area contributed by atoms with Gasteiger partial charge in [0.25, 0.3) is 0 Å². The van der Waals surface area contributed by atoms with Crippen LogP contribution in [0.4, 0.5) is 0 Å². The Morgan fingerprint density at radius 1 is 1.00 bits per heavy atom. The first-order valence-electron chi connectivity index (χ1n) is 2.75. The molecule has 0 fully saturated rings. The third-order valence-electron chi connectivity index (χ3n) is 1.50. The maximum Gasteiger partial charge on any atom is 1.00 e. The third-order valence-corrected chi connectivity index (χ3v) is 4.50. The summed E-state index contributed by atoms with van der Waals surface area (Å²) in [4.78, 5) is 0. The fraction of sp³-hybridized carbons (Fsp3) is 0.833. The van der Waals surface area contributed by atoms with E-state index in [4.69, 9.17) is 0 Å². The van der Waals surface area contributed by atoms with Gasteiger partial charge >= 0.3 is 18.9 Å². The maximum atomic E-state index is 2.36. The van der Waals surface area contributed by atoms with Crippen molar-refractivity contribution in [3.05, 3.63) is 5.54 Å². The van der Waals surface area contributed by atoms with Gasteiger partial charge in [-0.25, -0.2) is 0 Å². The molecule has 0 spiro atoms. The molecular formula is C6H15LiSi. The molecule has 0 aliphatic carbocycles. The number of rotatable bonds is 1. The average Bonchev–Trinajstić information content (AvgIpc) is 1.31. The largest absolute Gasteiger partial charge is 1.00 e. The molecule has 0 radical (unpaired) electrons. The van der Waals surface area contributed by atoms with Crippen molar-refractivity contribution in [3.8, 4) is 0 Å². The van der Waals surface area contributed by atoms with Crippen molar-refractivity contribution in [2.45, 2.75) is 33.5 Å². The van der Waals surface area contributed by atoms with Gasteiger partial charge in [-0.15, -0.1) is 0 Å². The zero-order chi connectivity index (χ0) is 6.08. The molecule has 0 nitrogen and oxygen atoms in total. The van der Waals surface area contributed by atoms with Crippen LogP contribution in [0.3, 0.4) is 0 Å². The molecule has 0 aliphatic heterocycles. The second kappa shape index (κ2) is 3.77. The minimum absolute atomic E-state index is 0.